The fourth-order valence-electron chi connectivity index (χ4n) is 5.15. The number of nitrogens with one attached hydrogen (secondary N) is 1. The molecule has 15 heteroatoms. The van der Waals surface area contributed by atoms with Crippen LogP contribution in [-0.4, -0.2) is 47.8 Å². The Labute approximate surface area is 254 Å². The number of hydrogen-bond donors (Lipinski definition) is 1. The molecule has 6 rings (SSSR count). The van der Waals surface area contributed by atoms with Crippen LogP contribution in [0.1, 0.15) is 65.0 Å². The number of amides is 1. The van der Waals surface area contributed by atoms with Crippen molar-refractivity contribution in [3.63, 3.8) is 0 Å². The lowest BCUT2D eigenvalue weighted by molar-refractivity contribution is 0.0914. The maximum absolute atomic E-state index is 14.3. The van der Waals surface area contributed by atoms with Crippen molar-refractivity contribution in [1.29, 1.82) is 0 Å². The third kappa shape index (κ3) is 6.64. The van der Waals surface area contributed by atoms with Crippen LogP contribution in [0.3, 0.4) is 0 Å². The van der Waals surface area contributed by atoms with E-state index in [1.165, 1.54) is 6.20 Å². The molecule has 1 aliphatic heterocycles. The van der Waals surface area contributed by atoms with Gasteiger partial charge in [-0.1, -0.05) is 6.07 Å². The van der Waals surface area contributed by atoms with Crippen LogP contribution >= 0.6 is 0 Å². The first-order valence-electron chi connectivity index (χ1n) is 13.7. The molecule has 0 radical (unpaired) electrons. The van der Waals surface area contributed by atoms with Gasteiger partial charge in [0.25, 0.3) is 12.3 Å². The van der Waals surface area contributed by atoms with E-state index in [0.29, 0.717) is 39.2 Å². The molecule has 1 saturated carbocycles. The van der Waals surface area contributed by atoms with Crippen molar-refractivity contribution in [2.75, 3.05) is 6.61 Å². The van der Waals surface area contributed by atoms with Crippen molar-refractivity contribution in [3.8, 4) is 11.4 Å². The third-order valence-electron chi connectivity index (χ3n) is 7.55. The van der Waals surface area contributed by atoms with Crippen molar-refractivity contribution in [2.45, 2.75) is 61.6 Å². The minimum atomic E-state index is -4.66. The van der Waals surface area contributed by atoms with Gasteiger partial charge in [0.2, 0.25) is 21.8 Å². The molecule has 240 valence electrons. The molecule has 1 atom stereocenters. The number of aromatic nitrogens is 3. The highest BCUT2D eigenvalue weighted by Crippen LogP contribution is 2.42. The number of ether oxygens (including phenoxy) is 1. The summed E-state index contributed by atoms with van der Waals surface area (Å²) in [4.78, 5) is 25.9. The van der Waals surface area contributed by atoms with Crippen molar-refractivity contribution < 1.29 is 46.0 Å². The van der Waals surface area contributed by atoms with E-state index in [-0.39, 0.29) is 36.1 Å². The van der Waals surface area contributed by atoms with Gasteiger partial charge in [-0.25, -0.2) is 35.4 Å². The number of hydrogen-bond acceptors (Lipinski definition) is 7. The fraction of sp³-hybridized carbons (Fsp3) is 0.333. The Bertz CT molecular complexity index is 1880. The Morgan fingerprint density at radius 2 is 1.78 bits per heavy atom. The average molecular weight is 655 g/mol. The Hall–Kier alpha value is -4.11. The Balaban J connectivity index is 0.00000240. The molecule has 0 saturated heterocycles. The van der Waals surface area contributed by atoms with E-state index >= 15 is 0 Å². The molecular weight excluding hydrogens is 626 g/mol. The molecule has 1 fully saturated rings. The Morgan fingerprint density at radius 3 is 2.49 bits per heavy atom. The van der Waals surface area contributed by atoms with Crippen molar-refractivity contribution in [2.24, 2.45) is 0 Å². The van der Waals surface area contributed by atoms with Crippen LogP contribution in [0.5, 0.6) is 0 Å². The van der Waals surface area contributed by atoms with Gasteiger partial charge >= 0.3 is 0 Å². The normalized spacial score (nSPS) is 17.5. The van der Waals surface area contributed by atoms with Gasteiger partial charge in [0.15, 0.2) is 0 Å². The first kappa shape index (κ1) is 32.3. The first-order valence-corrected chi connectivity index (χ1v) is 15.3. The maximum atomic E-state index is 14.3. The largest absolute Gasteiger partial charge is 0.373 e. The SMILES string of the molecule is F.O=C(NCc1cc2nc(-c3ccc(CC(F)F)c(C4CC4)n3)ccc2cn1)c1cc(C(F)F)c2c(c1)S(=O)(=O)[C@@H](F)COC2.[HH]. The molecule has 8 nitrogen and oxygen atoms in total. The number of halogens is 6. The maximum Gasteiger partial charge on any atom is 0.264 e. The van der Waals surface area contributed by atoms with Gasteiger partial charge in [-0.3, -0.25) is 19.5 Å². The number of alkyl halides is 5. The van der Waals surface area contributed by atoms with Crippen molar-refractivity contribution in [1.82, 2.24) is 20.3 Å². The molecule has 45 heavy (non-hydrogen) atoms. The minimum Gasteiger partial charge on any atom is -0.373 e. The molecule has 2 aliphatic rings. The van der Waals surface area contributed by atoms with Crippen LogP contribution in [0, 0.1) is 0 Å². The lowest BCUT2D eigenvalue weighted by Crippen LogP contribution is -2.25. The van der Waals surface area contributed by atoms with Crippen LogP contribution in [-0.2, 0) is 34.1 Å². The predicted octanol–water partition coefficient (Wildman–Crippen LogP) is 6.24. The van der Waals surface area contributed by atoms with Gasteiger partial charge in [0.1, 0.15) is 0 Å². The zero-order chi connectivity index (χ0) is 31.2. The Kier molecular flexibility index (Phi) is 9.12. The average Bonchev–Trinajstić information content (AvgIpc) is 3.85. The van der Waals surface area contributed by atoms with E-state index < -0.39 is 57.8 Å². The molecule has 0 spiro atoms. The molecule has 0 unspecified atom stereocenters. The molecule has 3 aromatic heterocycles. The van der Waals surface area contributed by atoms with E-state index in [2.05, 4.69) is 20.3 Å². The van der Waals surface area contributed by atoms with Gasteiger partial charge < -0.3 is 10.1 Å². The molecule has 0 bridgehead atoms. The van der Waals surface area contributed by atoms with Gasteiger partial charge in [-0.05, 0) is 54.8 Å². The zero-order valence-electron chi connectivity index (χ0n) is 23.4. The Morgan fingerprint density at radius 1 is 1.04 bits per heavy atom. The summed E-state index contributed by atoms with van der Waals surface area (Å²) in [6.45, 7) is -1.51. The summed E-state index contributed by atoms with van der Waals surface area (Å²) in [5.41, 5.74) is -0.830. The number of benzene rings is 1. The number of rotatable bonds is 8. The van der Waals surface area contributed by atoms with E-state index in [4.69, 9.17) is 4.74 Å². The lowest BCUT2D eigenvalue weighted by Gasteiger charge is -2.15. The van der Waals surface area contributed by atoms with Crippen LogP contribution in [0.2, 0.25) is 0 Å². The van der Waals surface area contributed by atoms with E-state index in [9.17, 15) is 35.2 Å². The summed E-state index contributed by atoms with van der Waals surface area (Å²) in [5.74, 6) is -0.707. The summed E-state index contributed by atoms with van der Waals surface area (Å²) in [5, 5.41) is 3.22. The molecule has 4 aromatic rings. The quantitative estimate of drug-likeness (QED) is 0.224. The topological polar surface area (TPSA) is 111 Å². The van der Waals surface area contributed by atoms with Crippen LogP contribution in [0.25, 0.3) is 22.3 Å². The van der Waals surface area contributed by atoms with Gasteiger partial charge in [0, 0.05) is 47.7 Å². The van der Waals surface area contributed by atoms with Crippen LogP contribution in [0.4, 0.5) is 26.7 Å². The van der Waals surface area contributed by atoms with E-state index in [1.54, 1.807) is 30.3 Å². The summed E-state index contributed by atoms with van der Waals surface area (Å²) in [6, 6.07) is 10.2. The number of pyridine rings is 3. The molecule has 1 aliphatic carbocycles. The number of carbonyl (C=O) groups is 1. The van der Waals surface area contributed by atoms with E-state index in [0.717, 1.165) is 25.0 Å². The second-order valence-corrected chi connectivity index (χ2v) is 12.7. The standard InChI is InChI=1S/C30H25F5N4O4S.FH.H2/c31-26(32)9-16-3-5-23(39-28(16)15-1-2-15)22-6-4-17-11-36-19(10-24(17)38-22)12-37-30(40)18-7-20(29(34)35)21-13-43-14-27(33)44(41,42)25(21)8-18;;/h3-8,10-11,15,26-27,29H,1-2,9,12-14H2,(H,37,40);2*1H/t27-;;/m1../s1. The summed E-state index contributed by atoms with van der Waals surface area (Å²) < 4.78 is 98.3. The second-order valence-electron chi connectivity index (χ2n) is 10.7. The van der Waals surface area contributed by atoms with Gasteiger partial charge in [0.05, 0.1) is 47.3 Å². The van der Waals surface area contributed by atoms with E-state index in [1.807, 2.05) is 0 Å². The summed E-state index contributed by atoms with van der Waals surface area (Å²) in [7, 11) is -4.66. The highest BCUT2D eigenvalue weighted by molar-refractivity contribution is 7.92. The van der Waals surface area contributed by atoms with Gasteiger partial charge in [-0.2, -0.15) is 0 Å². The third-order valence-corrected chi connectivity index (χ3v) is 9.34. The smallest absolute Gasteiger partial charge is 0.264 e. The molecule has 1 amide bonds. The van der Waals surface area contributed by atoms with Crippen molar-refractivity contribution >= 4 is 26.6 Å². The highest BCUT2D eigenvalue weighted by Gasteiger charge is 2.36. The lowest BCUT2D eigenvalue weighted by atomic mass is 10.0. The number of nitrogens with zero attached hydrogens (tertiary/aromatic N) is 3. The second kappa shape index (κ2) is 12.7. The van der Waals surface area contributed by atoms with Crippen molar-refractivity contribution in [3.05, 3.63) is 82.3 Å². The molecule has 1 N–H and O–H groups in total. The van der Waals surface area contributed by atoms with Crippen LogP contribution in [0.15, 0.2) is 53.6 Å². The monoisotopic (exact) mass is 654 g/mol. The van der Waals surface area contributed by atoms with Gasteiger partial charge in [-0.15, -0.1) is 0 Å². The number of fused-ring (bicyclic) bond motifs is 2. The number of carbonyl (C=O) groups excluding carboxylic acids is 1. The molecular formula is C30H28F6N4O4S. The summed E-state index contributed by atoms with van der Waals surface area (Å²) >= 11 is 0. The fourth-order valence-corrected chi connectivity index (χ4v) is 6.51. The minimum absolute atomic E-state index is 0. The summed E-state index contributed by atoms with van der Waals surface area (Å²) in [6.07, 6.45) is -2.64. The predicted molar refractivity (Wildman–Crippen MR) is 153 cm³/mol. The number of sulfone groups is 1. The van der Waals surface area contributed by atoms with Crippen LogP contribution < -0.4 is 5.32 Å². The molecule has 1 aromatic carbocycles. The molecule has 4 heterocycles. The highest BCUT2D eigenvalue weighted by atomic mass is 32.2. The zero-order valence-corrected chi connectivity index (χ0v) is 24.2. The first-order chi connectivity index (χ1) is 21.0.